The normalized spacial score (nSPS) is 20.0. The first kappa shape index (κ1) is 13.1. The number of anilines is 2. The van der Waals surface area contributed by atoms with Crippen molar-refractivity contribution in [2.45, 2.75) is 18.9 Å². The van der Waals surface area contributed by atoms with Gasteiger partial charge in [-0.25, -0.2) is 4.98 Å². The molecule has 1 aromatic heterocycles. The van der Waals surface area contributed by atoms with Crippen molar-refractivity contribution in [3.63, 3.8) is 0 Å². The Morgan fingerprint density at radius 2 is 2.09 bits per heavy atom. The molecule has 5 nitrogen and oxygen atoms in total. The number of rotatable bonds is 1. The Morgan fingerprint density at radius 1 is 1.18 bits per heavy atom. The number of fused-ring (bicyclic) bond motifs is 3. The summed E-state index contributed by atoms with van der Waals surface area (Å²) in [5.74, 6) is 0.817. The van der Waals surface area contributed by atoms with Crippen molar-refractivity contribution in [3.05, 3.63) is 47.9 Å². The molecule has 1 saturated heterocycles. The van der Waals surface area contributed by atoms with Gasteiger partial charge in [0.15, 0.2) is 5.69 Å². The molecule has 2 aliphatic heterocycles. The molecule has 5 heteroatoms. The maximum atomic E-state index is 9.01. The van der Waals surface area contributed by atoms with E-state index in [2.05, 4.69) is 50.1 Å². The van der Waals surface area contributed by atoms with Crippen LogP contribution in [0, 0.1) is 11.3 Å². The fraction of sp³-hybridized carbons (Fsp3) is 0.353. The number of benzene rings is 1. The van der Waals surface area contributed by atoms with Gasteiger partial charge in [0.25, 0.3) is 0 Å². The van der Waals surface area contributed by atoms with E-state index < -0.39 is 0 Å². The first-order valence-corrected chi connectivity index (χ1v) is 7.67. The summed E-state index contributed by atoms with van der Waals surface area (Å²) in [5, 5.41) is 9.01. The Bertz CT molecular complexity index is 736. The van der Waals surface area contributed by atoms with Crippen LogP contribution in [0.5, 0.6) is 0 Å². The van der Waals surface area contributed by atoms with Crippen molar-refractivity contribution in [2.75, 3.05) is 29.4 Å². The molecule has 110 valence electrons. The van der Waals surface area contributed by atoms with Crippen LogP contribution in [0.4, 0.5) is 11.5 Å². The van der Waals surface area contributed by atoms with Crippen molar-refractivity contribution >= 4 is 11.5 Å². The first-order chi connectivity index (χ1) is 10.8. The van der Waals surface area contributed by atoms with E-state index in [-0.39, 0.29) is 0 Å². The van der Waals surface area contributed by atoms with Gasteiger partial charge in [0, 0.05) is 25.3 Å². The fourth-order valence-electron chi connectivity index (χ4n) is 3.54. The van der Waals surface area contributed by atoms with Crippen molar-refractivity contribution in [3.8, 4) is 6.07 Å². The molecule has 1 fully saturated rings. The summed E-state index contributed by atoms with van der Waals surface area (Å²) in [7, 11) is 0. The molecule has 0 amide bonds. The highest BCUT2D eigenvalue weighted by Gasteiger charge is 2.32. The molecule has 2 aromatic rings. The van der Waals surface area contributed by atoms with Gasteiger partial charge in [0.1, 0.15) is 11.9 Å². The smallest absolute Gasteiger partial charge is 0.161 e. The molecule has 2 aliphatic rings. The second-order valence-corrected chi connectivity index (χ2v) is 5.85. The van der Waals surface area contributed by atoms with Gasteiger partial charge in [-0.1, -0.05) is 18.2 Å². The second-order valence-electron chi connectivity index (χ2n) is 5.85. The predicted octanol–water partition coefficient (Wildman–Crippen LogP) is 1.99. The number of para-hydroxylation sites is 1. The third kappa shape index (κ3) is 2.17. The van der Waals surface area contributed by atoms with Crippen molar-refractivity contribution in [2.24, 2.45) is 0 Å². The zero-order chi connectivity index (χ0) is 14.9. The average molecular weight is 291 g/mol. The van der Waals surface area contributed by atoms with Crippen LogP contribution in [-0.4, -0.2) is 35.6 Å². The third-order valence-electron chi connectivity index (χ3n) is 4.52. The van der Waals surface area contributed by atoms with Crippen LogP contribution in [-0.2, 0) is 6.42 Å². The zero-order valence-corrected chi connectivity index (χ0v) is 12.3. The molecule has 1 atom stereocenters. The van der Waals surface area contributed by atoms with Gasteiger partial charge in [-0.05, 0) is 24.5 Å². The quantitative estimate of drug-likeness (QED) is 0.804. The monoisotopic (exact) mass is 291 g/mol. The summed E-state index contributed by atoms with van der Waals surface area (Å²) in [6.45, 7) is 2.96. The molecule has 0 radical (unpaired) electrons. The van der Waals surface area contributed by atoms with Gasteiger partial charge in [-0.2, -0.15) is 5.26 Å². The Balaban J connectivity index is 1.61. The second kappa shape index (κ2) is 5.30. The van der Waals surface area contributed by atoms with Crippen molar-refractivity contribution < 1.29 is 0 Å². The van der Waals surface area contributed by atoms with E-state index in [9.17, 15) is 0 Å². The third-order valence-corrected chi connectivity index (χ3v) is 4.52. The van der Waals surface area contributed by atoms with Crippen LogP contribution >= 0.6 is 0 Å². The summed E-state index contributed by atoms with van der Waals surface area (Å²) in [5.41, 5.74) is 3.20. The molecule has 0 aliphatic carbocycles. The largest absolute Gasteiger partial charge is 0.366 e. The highest BCUT2D eigenvalue weighted by Crippen LogP contribution is 2.34. The first-order valence-electron chi connectivity index (χ1n) is 7.67. The van der Waals surface area contributed by atoms with Crippen molar-refractivity contribution in [1.29, 1.82) is 5.26 Å². The lowest BCUT2D eigenvalue weighted by atomic mass is 10.1. The molecule has 0 bridgehead atoms. The molecule has 0 spiro atoms. The van der Waals surface area contributed by atoms with Gasteiger partial charge >= 0.3 is 0 Å². The van der Waals surface area contributed by atoms with Crippen LogP contribution < -0.4 is 9.80 Å². The Kier molecular flexibility index (Phi) is 3.15. The number of hydrogen-bond donors (Lipinski definition) is 0. The summed E-state index contributed by atoms with van der Waals surface area (Å²) in [6, 6.07) is 11.2. The molecule has 0 saturated carbocycles. The molecule has 0 N–H and O–H groups in total. The maximum Gasteiger partial charge on any atom is 0.161 e. The molecular weight excluding hydrogens is 274 g/mol. The van der Waals surface area contributed by atoms with Gasteiger partial charge in [-0.15, -0.1) is 0 Å². The Morgan fingerprint density at radius 3 is 3.00 bits per heavy atom. The SMILES string of the molecule is N#Cc1cncc(N2CCCN3c4ccccc4CC3C2)n1. The van der Waals surface area contributed by atoms with Crippen LogP contribution in [0.25, 0.3) is 0 Å². The minimum atomic E-state index is 0.383. The zero-order valence-electron chi connectivity index (χ0n) is 12.3. The van der Waals surface area contributed by atoms with Gasteiger partial charge in [0.2, 0.25) is 0 Å². The van der Waals surface area contributed by atoms with E-state index in [4.69, 9.17) is 5.26 Å². The lowest BCUT2D eigenvalue weighted by Crippen LogP contribution is -2.39. The van der Waals surface area contributed by atoms with Gasteiger partial charge < -0.3 is 9.80 Å². The van der Waals surface area contributed by atoms with Crippen LogP contribution in [0.15, 0.2) is 36.7 Å². The molecule has 1 aromatic carbocycles. The van der Waals surface area contributed by atoms with E-state index in [1.165, 1.54) is 17.4 Å². The Hall–Kier alpha value is -2.61. The maximum absolute atomic E-state index is 9.01. The van der Waals surface area contributed by atoms with Gasteiger partial charge in [0.05, 0.1) is 18.4 Å². The van der Waals surface area contributed by atoms with E-state index >= 15 is 0 Å². The summed E-state index contributed by atoms with van der Waals surface area (Å²) in [6.07, 6.45) is 5.44. The van der Waals surface area contributed by atoms with Gasteiger partial charge in [-0.3, -0.25) is 4.98 Å². The van der Waals surface area contributed by atoms with Crippen LogP contribution in [0.3, 0.4) is 0 Å². The lowest BCUT2D eigenvalue weighted by molar-refractivity contribution is 0.646. The standard InChI is InChI=1S/C17H17N5/c18-9-14-10-19-11-17(20-14)21-6-3-7-22-15(12-21)8-13-4-1-2-5-16(13)22/h1-2,4-5,10-11,15H,3,6-8,12H2. The minimum Gasteiger partial charge on any atom is -0.366 e. The van der Waals surface area contributed by atoms with Crippen molar-refractivity contribution in [1.82, 2.24) is 9.97 Å². The average Bonchev–Trinajstić information content (AvgIpc) is 2.78. The Labute approximate surface area is 129 Å². The van der Waals surface area contributed by atoms with E-state index in [1.807, 2.05) is 0 Å². The van der Waals surface area contributed by atoms with E-state index in [0.717, 1.165) is 38.3 Å². The molecule has 22 heavy (non-hydrogen) atoms. The highest BCUT2D eigenvalue weighted by atomic mass is 15.3. The molecule has 3 heterocycles. The van der Waals surface area contributed by atoms with E-state index in [1.54, 1.807) is 6.20 Å². The number of aromatic nitrogens is 2. The summed E-state index contributed by atoms with van der Waals surface area (Å²) >= 11 is 0. The summed E-state index contributed by atoms with van der Waals surface area (Å²) in [4.78, 5) is 13.3. The highest BCUT2D eigenvalue weighted by molar-refractivity contribution is 5.60. The molecule has 4 rings (SSSR count). The number of nitrogens with zero attached hydrogens (tertiary/aromatic N) is 5. The predicted molar refractivity (Wildman–Crippen MR) is 84.9 cm³/mol. The van der Waals surface area contributed by atoms with Crippen LogP contribution in [0.2, 0.25) is 0 Å². The fourth-order valence-corrected chi connectivity index (χ4v) is 3.54. The topological polar surface area (TPSA) is 56.1 Å². The number of hydrogen-bond acceptors (Lipinski definition) is 5. The summed E-state index contributed by atoms with van der Waals surface area (Å²) < 4.78 is 0. The van der Waals surface area contributed by atoms with Crippen LogP contribution in [0.1, 0.15) is 17.7 Å². The molecule has 1 unspecified atom stereocenters. The van der Waals surface area contributed by atoms with E-state index in [0.29, 0.717) is 11.7 Å². The minimum absolute atomic E-state index is 0.383. The molecular formula is C17H17N5. The lowest BCUT2D eigenvalue weighted by Gasteiger charge is -2.27. The number of nitriles is 1.